The number of carbonyl (C=O) groups excluding carboxylic acids is 1. The van der Waals surface area contributed by atoms with E-state index in [1.165, 1.54) is 16.7 Å². The van der Waals surface area contributed by atoms with Gasteiger partial charge in [0.25, 0.3) is 0 Å². The van der Waals surface area contributed by atoms with Crippen molar-refractivity contribution >= 4 is 11.7 Å². The Bertz CT molecular complexity index is 1090. The maximum atomic E-state index is 12.7. The van der Waals surface area contributed by atoms with Gasteiger partial charge in [0.15, 0.2) is 0 Å². The van der Waals surface area contributed by atoms with Crippen molar-refractivity contribution < 1.29 is 14.3 Å². The van der Waals surface area contributed by atoms with E-state index in [1.807, 2.05) is 41.3 Å². The summed E-state index contributed by atoms with van der Waals surface area (Å²) in [7, 11) is 5.77. The number of methoxy groups -OCH3 is 1. The quantitative estimate of drug-likeness (QED) is 0.507. The fourth-order valence-electron chi connectivity index (χ4n) is 4.30. The van der Waals surface area contributed by atoms with Gasteiger partial charge in [-0.3, -0.25) is 0 Å². The molecule has 2 amide bonds. The first kappa shape index (κ1) is 23.6. The summed E-state index contributed by atoms with van der Waals surface area (Å²) in [6.45, 7) is 2.21. The molecule has 3 aromatic rings. The van der Waals surface area contributed by atoms with Crippen molar-refractivity contribution in [3.05, 3.63) is 78.4 Å². The zero-order valence-corrected chi connectivity index (χ0v) is 20.2. The minimum absolute atomic E-state index is 0.0992. The number of likely N-dealkylation sites (tertiary alicyclic amines) is 1. The first-order valence-electron chi connectivity index (χ1n) is 11.7. The number of piperidine rings is 1. The van der Waals surface area contributed by atoms with Crippen molar-refractivity contribution in [2.45, 2.75) is 25.5 Å². The van der Waals surface area contributed by atoms with Crippen LogP contribution >= 0.6 is 0 Å². The molecule has 0 spiro atoms. The van der Waals surface area contributed by atoms with Crippen LogP contribution in [0.1, 0.15) is 18.4 Å². The van der Waals surface area contributed by atoms with Crippen LogP contribution in [0.5, 0.6) is 11.5 Å². The van der Waals surface area contributed by atoms with E-state index in [0.29, 0.717) is 24.5 Å². The van der Waals surface area contributed by atoms with E-state index >= 15 is 0 Å². The van der Waals surface area contributed by atoms with Gasteiger partial charge in [0, 0.05) is 32.5 Å². The van der Waals surface area contributed by atoms with Crippen LogP contribution in [0.2, 0.25) is 0 Å². The molecule has 6 nitrogen and oxygen atoms in total. The summed E-state index contributed by atoms with van der Waals surface area (Å²) in [5.41, 5.74) is 4.42. The Morgan fingerprint density at radius 1 is 0.971 bits per heavy atom. The molecule has 0 unspecified atom stereocenters. The average Bonchev–Trinajstić information content (AvgIpc) is 2.85. The third kappa shape index (κ3) is 5.88. The van der Waals surface area contributed by atoms with Gasteiger partial charge in [-0.15, -0.1) is 0 Å². The summed E-state index contributed by atoms with van der Waals surface area (Å²) < 4.78 is 11.6. The lowest BCUT2D eigenvalue weighted by Gasteiger charge is -2.32. The van der Waals surface area contributed by atoms with Gasteiger partial charge in [0.1, 0.15) is 17.6 Å². The predicted molar refractivity (Wildman–Crippen MR) is 137 cm³/mol. The highest BCUT2D eigenvalue weighted by molar-refractivity contribution is 5.91. The predicted octanol–water partition coefficient (Wildman–Crippen LogP) is 5.50. The van der Waals surface area contributed by atoms with Crippen LogP contribution < -0.4 is 14.8 Å². The van der Waals surface area contributed by atoms with Crippen LogP contribution in [-0.4, -0.2) is 56.2 Å². The highest BCUT2D eigenvalue weighted by Gasteiger charge is 2.24. The molecular formula is C28H33N3O3. The second kappa shape index (κ2) is 11.1. The number of nitrogens with zero attached hydrogens (tertiary/aromatic N) is 2. The van der Waals surface area contributed by atoms with Crippen molar-refractivity contribution in [3.8, 4) is 22.6 Å². The van der Waals surface area contributed by atoms with E-state index in [9.17, 15) is 4.79 Å². The van der Waals surface area contributed by atoms with Crippen molar-refractivity contribution in [1.29, 1.82) is 0 Å². The van der Waals surface area contributed by atoms with Crippen molar-refractivity contribution in [2.24, 2.45) is 0 Å². The molecule has 1 heterocycles. The molecule has 6 heteroatoms. The van der Waals surface area contributed by atoms with E-state index in [2.05, 4.69) is 60.7 Å². The third-order valence-electron chi connectivity index (χ3n) is 6.05. The first-order chi connectivity index (χ1) is 16.5. The Balaban J connectivity index is 1.31. The lowest BCUT2D eigenvalue weighted by molar-refractivity contribution is 0.115. The molecule has 178 valence electrons. The Labute approximate surface area is 202 Å². The zero-order valence-electron chi connectivity index (χ0n) is 20.2. The molecule has 1 N–H and O–H groups in total. The third-order valence-corrected chi connectivity index (χ3v) is 6.05. The van der Waals surface area contributed by atoms with E-state index in [1.54, 1.807) is 7.11 Å². The number of benzene rings is 3. The first-order valence-corrected chi connectivity index (χ1v) is 11.7. The largest absolute Gasteiger partial charge is 0.495 e. The number of amides is 2. The Morgan fingerprint density at radius 2 is 1.65 bits per heavy atom. The fraction of sp³-hybridized carbons (Fsp3) is 0.321. The molecule has 0 aromatic heterocycles. The van der Waals surface area contributed by atoms with Gasteiger partial charge in [0.05, 0.1) is 12.8 Å². The summed E-state index contributed by atoms with van der Waals surface area (Å²) in [5.74, 6) is 1.52. The van der Waals surface area contributed by atoms with Gasteiger partial charge < -0.3 is 24.6 Å². The van der Waals surface area contributed by atoms with E-state index in [4.69, 9.17) is 9.47 Å². The number of anilines is 1. The Kier molecular flexibility index (Phi) is 7.70. The number of para-hydroxylation sites is 2. The molecule has 0 radical (unpaired) electrons. The fourth-order valence-corrected chi connectivity index (χ4v) is 4.30. The molecule has 1 saturated heterocycles. The molecular weight excluding hydrogens is 426 g/mol. The number of rotatable bonds is 7. The van der Waals surface area contributed by atoms with Crippen molar-refractivity contribution in [2.75, 3.05) is 39.6 Å². The van der Waals surface area contributed by atoms with E-state index in [-0.39, 0.29) is 12.1 Å². The van der Waals surface area contributed by atoms with Gasteiger partial charge in [0.2, 0.25) is 0 Å². The maximum absolute atomic E-state index is 12.7. The molecule has 0 aliphatic carbocycles. The second-order valence-electron chi connectivity index (χ2n) is 8.85. The molecule has 1 aliphatic heterocycles. The highest BCUT2D eigenvalue weighted by atomic mass is 16.5. The lowest BCUT2D eigenvalue weighted by atomic mass is 9.99. The maximum Gasteiger partial charge on any atom is 0.321 e. The average molecular weight is 460 g/mol. The van der Waals surface area contributed by atoms with Crippen LogP contribution in [0.15, 0.2) is 72.8 Å². The molecule has 34 heavy (non-hydrogen) atoms. The van der Waals surface area contributed by atoms with E-state index < -0.39 is 0 Å². The molecule has 0 bridgehead atoms. The number of ether oxygens (including phenoxy) is 2. The van der Waals surface area contributed by atoms with Crippen molar-refractivity contribution in [1.82, 2.24) is 9.80 Å². The number of nitrogens with one attached hydrogen (secondary N) is 1. The van der Waals surface area contributed by atoms with Gasteiger partial charge in [-0.25, -0.2) is 4.79 Å². The standard InChI is InChI=1S/C28H33N3O3/c1-30(2)20-22-8-4-5-9-25(22)21-12-14-23(15-13-21)34-24-16-18-31(19-17-24)28(32)29-26-10-6-7-11-27(26)33-3/h4-15,24H,16-20H2,1-3H3,(H,29,32). The molecule has 3 aromatic carbocycles. The number of hydrogen-bond donors (Lipinski definition) is 1. The van der Waals surface area contributed by atoms with Gasteiger partial charge >= 0.3 is 6.03 Å². The van der Waals surface area contributed by atoms with Gasteiger partial charge in [-0.2, -0.15) is 0 Å². The van der Waals surface area contributed by atoms with Crippen molar-refractivity contribution in [3.63, 3.8) is 0 Å². The summed E-state index contributed by atoms with van der Waals surface area (Å²) in [6.07, 6.45) is 1.70. The monoisotopic (exact) mass is 459 g/mol. The SMILES string of the molecule is COc1ccccc1NC(=O)N1CCC(Oc2ccc(-c3ccccc3CN(C)C)cc2)CC1. The molecule has 1 fully saturated rings. The lowest BCUT2D eigenvalue weighted by Crippen LogP contribution is -2.43. The molecule has 1 aliphatic rings. The number of hydrogen-bond acceptors (Lipinski definition) is 4. The topological polar surface area (TPSA) is 54.0 Å². The summed E-state index contributed by atoms with van der Waals surface area (Å²) in [6, 6.07) is 24.2. The number of carbonyl (C=O) groups is 1. The molecule has 0 saturated carbocycles. The highest BCUT2D eigenvalue weighted by Crippen LogP contribution is 2.28. The molecule has 4 rings (SSSR count). The Hall–Kier alpha value is -3.51. The van der Waals surface area contributed by atoms with Gasteiger partial charge in [-0.05, 0) is 55.1 Å². The summed E-state index contributed by atoms with van der Waals surface area (Å²) in [5, 5.41) is 2.95. The summed E-state index contributed by atoms with van der Waals surface area (Å²) >= 11 is 0. The van der Waals surface area contributed by atoms with E-state index in [0.717, 1.165) is 25.1 Å². The second-order valence-corrected chi connectivity index (χ2v) is 8.85. The zero-order chi connectivity index (χ0) is 23.9. The van der Waals surface area contributed by atoms with Crippen LogP contribution in [0.3, 0.4) is 0 Å². The Morgan fingerprint density at radius 3 is 2.35 bits per heavy atom. The van der Waals surface area contributed by atoms with Crippen LogP contribution in [-0.2, 0) is 6.54 Å². The smallest absolute Gasteiger partial charge is 0.321 e. The minimum Gasteiger partial charge on any atom is -0.495 e. The summed E-state index contributed by atoms with van der Waals surface area (Å²) in [4.78, 5) is 16.7. The van der Waals surface area contributed by atoms with Crippen LogP contribution in [0.4, 0.5) is 10.5 Å². The molecule has 0 atom stereocenters. The minimum atomic E-state index is -0.108. The van der Waals surface area contributed by atoms with Crippen LogP contribution in [0.25, 0.3) is 11.1 Å². The van der Waals surface area contributed by atoms with Crippen LogP contribution in [0, 0.1) is 0 Å². The van der Waals surface area contributed by atoms with Gasteiger partial charge in [-0.1, -0.05) is 48.5 Å². The normalized spacial score (nSPS) is 14.2. The number of urea groups is 1.